The Kier molecular flexibility index (Phi) is 5.86. The maximum absolute atomic E-state index is 13.0. The van der Waals surface area contributed by atoms with Crippen molar-refractivity contribution in [2.75, 3.05) is 18.4 Å². The van der Waals surface area contributed by atoms with E-state index in [9.17, 15) is 22.8 Å². The lowest BCUT2D eigenvalue weighted by Gasteiger charge is -2.30. The minimum absolute atomic E-state index is 0.153. The van der Waals surface area contributed by atoms with Gasteiger partial charge in [0.1, 0.15) is 0 Å². The predicted molar refractivity (Wildman–Crippen MR) is 131 cm³/mol. The standard InChI is InChI=1S/C27H24N2O5S/c1-17-5-4-14-29(16-17)35(33,34)20-11-8-18(9-12-20)27(32)28-19-10-13-23-24(15-19)26(31)22-7-3-2-6-21(22)25(23)30/h2-3,6-13,15,17H,4-5,14,16H2,1H3,(H,28,32). The molecular formula is C27H24N2O5S. The van der Waals surface area contributed by atoms with Crippen LogP contribution in [0.1, 0.15) is 62.0 Å². The summed E-state index contributed by atoms with van der Waals surface area (Å²) in [6.07, 6.45) is 1.85. The highest BCUT2D eigenvalue weighted by molar-refractivity contribution is 7.89. The van der Waals surface area contributed by atoms with Gasteiger partial charge in [-0.1, -0.05) is 31.2 Å². The summed E-state index contributed by atoms with van der Waals surface area (Å²) in [5.74, 6) is -0.632. The van der Waals surface area contributed by atoms with E-state index in [0.29, 0.717) is 41.4 Å². The second-order valence-corrected chi connectivity index (χ2v) is 11.0. The van der Waals surface area contributed by atoms with Crippen LogP contribution < -0.4 is 5.32 Å². The minimum atomic E-state index is -3.61. The van der Waals surface area contributed by atoms with E-state index in [0.717, 1.165) is 12.8 Å². The second kappa shape index (κ2) is 8.87. The molecule has 1 heterocycles. The fourth-order valence-electron chi connectivity index (χ4n) is 4.67. The van der Waals surface area contributed by atoms with Gasteiger partial charge in [-0.2, -0.15) is 4.31 Å². The summed E-state index contributed by atoms with van der Waals surface area (Å²) in [6, 6.07) is 17.1. The number of nitrogens with one attached hydrogen (secondary N) is 1. The van der Waals surface area contributed by atoms with E-state index in [1.165, 1.54) is 40.7 Å². The fraction of sp³-hybridized carbons (Fsp3) is 0.222. The molecule has 1 unspecified atom stereocenters. The van der Waals surface area contributed by atoms with Gasteiger partial charge >= 0.3 is 0 Å². The van der Waals surface area contributed by atoms with Gasteiger partial charge in [0.2, 0.25) is 10.0 Å². The maximum Gasteiger partial charge on any atom is 0.255 e. The monoisotopic (exact) mass is 488 g/mol. The molecule has 0 spiro atoms. The Hall–Kier alpha value is -3.62. The molecule has 178 valence electrons. The summed E-state index contributed by atoms with van der Waals surface area (Å²) in [7, 11) is -3.61. The molecular weight excluding hydrogens is 464 g/mol. The zero-order valence-electron chi connectivity index (χ0n) is 19.2. The summed E-state index contributed by atoms with van der Waals surface area (Å²) in [6.45, 7) is 3.03. The fourth-order valence-corrected chi connectivity index (χ4v) is 6.27. The molecule has 0 bridgehead atoms. The molecule has 5 rings (SSSR count). The largest absolute Gasteiger partial charge is 0.322 e. The van der Waals surface area contributed by atoms with E-state index < -0.39 is 15.9 Å². The first-order chi connectivity index (χ1) is 16.8. The van der Waals surface area contributed by atoms with Crippen molar-refractivity contribution in [3.05, 3.63) is 94.5 Å². The molecule has 0 saturated carbocycles. The van der Waals surface area contributed by atoms with Crippen LogP contribution in [0.15, 0.2) is 71.6 Å². The van der Waals surface area contributed by atoms with E-state index in [1.54, 1.807) is 30.3 Å². The number of carbonyl (C=O) groups excluding carboxylic acids is 3. The van der Waals surface area contributed by atoms with Gasteiger partial charge in [0.25, 0.3) is 5.91 Å². The third-order valence-corrected chi connectivity index (χ3v) is 8.44. The van der Waals surface area contributed by atoms with Gasteiger partial charge in [-0.3, -0.25) is 14.4 Å². The van der Waals surface area contributed by atoms with Crippen LogP contribution in [-0.4, -0.2) is 43.3 Å². The molecule has 1 aliphatic carbocycles. The van der Waals surface area contributed by atoms with Gasteiger partial charge in [-0.25, -0.2) is 8.42 Å². The van der Waals surface area contributed by atoms with Crippen molar-refractivity contribution in [2.24, 2.45) is 5.92 Å². The Morgan fingerprint density at radius 2 is 1.51 bits per heavy atom. The SMILES string of the molecule is CC1CCCN(S(=O)(=O)c2ccc(C(=O)Nc3ccc4c(c3)C(=O)c3ccccc3C4=O)cc2)C1. The zero-order valence-corrected chi connectivity index (χ0v) is 20.0. The van der Waals surface area contributed by atoms with Crippen molar-refractivity contribution in [3.63, 3.8) is 0 Å². The number of piperidine rings is 1. The minimum Gasteiger partial charge on any atom is -0.322 e. The van der Waals surface area contributed by atoms with Crippen LogP contribution in [0.25, 0.3) is 0 Å². The Bertz CT molecular complexity index is 1460. The van der Waals surface area contributed by atoms with Crippen LogP contribution in [0.3, 0.4) is 0 Å². The van der Waals surface area contributed by atoms with E-state index in [-0.39, 0.29) is 27.6 Å². The molecule has 8 heteroatoms. The number of benzene rings is 3. The Morgan fingerprint density at radius 1 is 0.886 bits per heavy atom. The summed E-state index contributed by atoms with van der Waals surface area (Å²) < 4.78 is 27.4. The number of anilines is 1. The van der Waals surface area contributed by atoms with Gasteiger partial charge in [-0.05, 0) is 61.2 Å². The topological polar surface area (TPSA) is 101 Å². The summed E-state index contributed by atoms with van der Waals surface area (Å²) in [5.41, 5.74) is 1.90. The second-order valence-electron chi connectivity index (χ2n) is 9.05. The van der Waals surface area contributed by atoms with Crippen molar-refractivity contribution in [3.8, 4) is 0 Å². The van der Waals surface area contributed by atoms with Crippen LogP contribution in [-0.2, 0) is 10.0 Å². The third-order valence-electron chi connectivity index (χ3n) is 6.56. The van der Waals surface area contributed by atoms with Crippen LogP contribution in [0.2, 0.25) is 0 Å². The number of carbonyl (C=O) groups is 3. The molecule has 35 heavy (non-hydrogen) atoms. The highest BCUT2D eigenvalue weighted by atomic mass is 32.2. The first kappa shape index (κ1) is 23.1. The molecule has 3 aromatic rings. The van der Waals surface area contributed by atoms with Crippen molar-refractivity contribution < 1.29 is 22.8 Å². The average molecular weight is 489 g/mol. The summed E-state index contributed by atoms with van der Waals surface area (Å²) in [5, 5.41) is 2.73. The molecule has 1 saturated heterocycles. The quantitative estimate of drug-likeness (QED) is 0.465. The lowest BCUT2D eigenvalue weighted by atomic mass is 9.84. The lowest BCUT2D eigenvalue weighted by molar-refractivity contribution is 0.0979. The van der Waals surface area contributed by atoms with E-state index in [4.69, 9.17) is 0 Å². The molecule has 2 aliphatic rings. The molecule has 7 nitrogen and oxygen atoms in total. The van der Waals surface area contributed by atoms with Crippen LogP contribution in [0.4, 0.5) is 5.69 Å². The van der Waals surface area contributed by atoms with Crippen LogP contribution in [0.5, 0.6) is 0 Å². The molecule has 1 atom stereocenters. The van der Waals surface area contributed by atoms with Crippen molar-refractivity contribution in [2.45, 2.75) is 24.7 Å². The zero-order chi connectivity index (χ0) is 24.7. The molecule has 1 amide bonds. The first-order valence-electron chi connectivity index (χ1n) is 11.5. The van der Waals surface area contributed by atoms with Crippen molar-refractivity contribution in [1.82, 2.24) is 4.31 Å². The summed E-state index contributed by atoms with van der Waals surface area (Å²) >= 11 is 0. The van der Waals surface area contributed by atoms with Crippen LogP contribution >= 0.6 is 0 Å². The number of hydrogen-bond donors (Lipinski definition) is 1. The van der Waals surface area contributed by atoms with E-state index in [2.05, 4.69) is 5.32 Å². The highest BCUT2D eigenvalue weighted by Gasteiger charge is 2.30. The third kappa shape index (κ3) is 4.19. The molecule has 1 aliphatic heterocycles. The number of fused-ring (bicyclic) bond motifs is 2. The summed E-state index contributed by atoms with van der Waals surface area (Å²) in [4.78, 5) is 38.6. The highest BCUT2D eigenvalue weighted by Crippen LogP contribution is 2.29. The smallest absolute Gasteiger partial charge is 0.255 e. The number of ketones is 2. The van der Waals surface area contributed by atoms with Gasteiger partial charge in [-0.15, -0.1) is 0 Å². The normalized spacial score (nSPS) is 18.0. The molecule has 0 aromatic heterocycles. The van der Waals surface area contributed by atoms with E-state index in [1.807, 2.05) is 6.92 Å². The van der Waals surface area contributed by atoms with Gasteiger partial charge in [0, 0.05) is 46.6 Å². The number of amides is 1. The molecule has 0 radical (unpaired) electrons. The van der Waals surface area contributed by atoms with Gasteiger partial charge in [0.05, 0.1) is 4.90 Å². The molecule has 1 N–H and O–H groups in total. The Morgan fingerprint density at radius 3 is 2.17 bits per heavy atom. The van der Waals surface area contributed by atoms with Crippen molar-refractivity contribution in [1.29, 1.82) is 0 Å². The number of hydrogen-bond acceptors (Lipinski definition) is 5. The average Bonchev–Trinajstić information content (AvgIpc) is 2.87. The van der Waals surface area contributed by atoms with Crippen LogP contribution in [0, 0.1) is 5.92 Å². The number of nitrogens with zero attached hydrogens (tertiary/aromatic N) is 1. The van der Waals surface area contributed by atoms with E-state index >= 15 is 0 Å². The Labute approximate surface area is 203 Å². The number of rotatable bonds is 4. The van der Waals surface area contributed by atoms with Gasteiger partial charge in [0.15, 0.2) is 11.6 Å². The maximum atomic E-state index is 13.0. The predicted octanol–water partition coefficient (Wildman–Crippen LogP) is 4.13. The molecule has 1 fully saturated rings. The van der Waals surface area contributed by atoms with Crippen molar-refractivity contribution >= 4 is 33.2 Å². The van der Waals surface area contributed by atoms with Gasteiger partial charge < -0.3 is 5.32 Å². The molecule has 3 aromatic carbocycles. The lowest BCUT2D eigenvalue weighted by Crippen LogP contribution is -2.39. The Balaban J connectivity index is 1.34. The first-order valence-corrected chi connectivity index (χ1v) is 12.9. The number of sulfonamides is 1.